The van der Waals surface area contributed by atoms with E-state index < -0.39 is 0 Å². The molecule has 0 amide bonds. The van der Waals surface area contributed by atoms with Crippen LogP contribution in [0.3, 0.4) is 0 Å². The lowest BCUT2D eigenvalue weighted by Gasteiger charge is -2.11. The summed E-state index contributed by atoms with van der Waals surface area (Å²) in [5.74, 6) is 1.62. The van der Waals surface area contributed by atoms with Crippen LogP contribution < -0.4 is 10.6 Å². The second kappa shape index (κ2) is 14.4. The van der Waals surface area contributed by atoms with Gasteiger partial charge in [-0.3, -0.25) is 0 Å². The van der Waals surface area contributed by atoms with E-state index >= 15 is 0 Å². The lowest BCUT2D eigenvalue weighted by Crippen LogP contribution is -2.38. The Kier molecular flexibility index (Phi) is 12.5. The highest BCUT2D eigenvalue weighted by Crippen LogP contribution is 2.16. The molecule has 3 N–H and O–H groups in total. The maximum Gasteiger partial charge on any atom is 0.191 e. The zero-order valence-electron chi connectivity index (χ0n) is 16.0. The number of hydrogen-bond donors (Lipinski definition) is 3. The fourth-order valence-electron chi connectivity index (χ4n) is 2.33. The van der Waals surface area contributed by atoms with Crippen LogP contribution in [0.5, 0.6) is 0 Å². The monoisotopic (exact) mass is 487 g/mol. The number of H-pyrrole nitrogens is 1. The summed E-state index contributed by atoms with van der Waals surface area (Å²) >= 11 is 0. The number of hydrogen-bond acceptors (Lipinski definition) is 4. The first-order valence-electron chi connectivity index (χ1n) is 9.01. The van der Waals surface area contributed by atoms with Crippen molar-refractivity contribution in [2.75, 3.05) is 40.0 Å². The van der Waals surface area contributed by atoms with Gasteiger partial charge in [0, 0.05) is 26.8 Å². The molecule has 0 atom stereocenters. The fraction of sp³-hybridized carbons (Fsp3) is 0.474. The first kappa shape index (κ1) is 23.4. The molecular formula is C19H30IN5O2. The number of nitrogens with one attached hydrogen (secondary N) is 3. The van der Waals surface area contributed by atoms with Crippen molar-refractivity contribution in [3.8, 4) is 11.3 Å². The molecule has 0 saturated carbocycles. The molecule has 2 aromatic rings. The van der Waals surface area contributed by atoms with Crippen LogP contribution in [0.2, 0.25) is 0 Å². The summed E-state index contributed by atoms with van der Waals surface area (Å²) in [4.78, 5) is 12.3. The van der Waals surface area contributed by atoms with Gasteiger partial charge in [-0.05, 0) is 18.9 Å². The van der Waals surface area contributed by atoms with Gasteiger partial charge in [0.2, 0.25) is 0 Å². The van der Waals surface area contributed by atoms with Crippen LogP contribution in [-0.2, 0) is 16.0 Å². The maximum atomic E-state index is 5.45. The van der Waals surface area contributed by atoms with E-state index in [4.69, 9.17) is 9.47 Å². The largest absolute Gasteiger partial charge is 0.382 e. The Labute approximate surface area is 178 Å². The van der Waals surface area contributed by atoms with Crippen molar-refractivity contribution in [1.29, 1.82) is 0 Å². The van der Waals surface area contributed by atoms with E-state index in [9.17, 15) is 0 Å². The van der Waals surface area contributed by atoms with Gasteiger partial charge in [-0.1, -0.05) is 30.3 Å². The second-order valence-electron chi connectivity index (χ2n) is 5.69. The highest BCUT2D eigenvalue weighted by molar-refractivity contribution is 14.0. The smallest absolute Gasteiger partial charge is 0.191 e. The number of benzene rings is 1. The van der Waals surface area contributed by atoms with Crippen LogP contribution in [0.1, 0.15) is 19.2 Å². The Morgan fingerprint density at radius 3 is 2.70 bits per heavy atom. The predicted octanol–water partition coefficient (Wildman–Crippen LogP) is 2.80. The van der Waals surface area contributed by atoms with Gasteiger partial charge in [0.25, 0.3) is 0 Å². The topological polar surface area (TPSA) is 83.6 Å². The Balaban J connectivity index is 0.00000364. The van der Waals surface area contributed by atoms with Gasteiger partial charge in [0.1, 0.15) is 12.4 Å². The summed E-state index contributed by atoms with van der Waals surface area (Å²) < 4.78 is 10.4. The Morgan fingerprint density at radius 1 is 1.15 bits per heavy atom. The van der Waals surface area contributed by atoms with Gasteiger partial charge < -0.3 is 25.1 Å². The number of ether oxygens (including phenoxy) is 2. The molecule has 27 heavy (non-hydrogen) atoms. The summed E-state index contributed by atoms with van der Waals surface area (Å²) in [7, 11) is 1.67. The van der Waals surface area contributed by atoms with E-state index in [1.54, 1.807) is 7.11 Å². The number of aromatic nitrogens is 2. The van der Waals surface area contributed by atoms with Gasteiger partial charge in [0.15, 0.2) is 5.96 Å². The fourth-order valence-corrected chi connectivity index (χ4v) is 2.33. The van der Waals surface area contributed by atoms with Crippen LogP contribution in [0.15, 0.2) is 41.5 Å². The SMILES string of the molecule is CCNC(=NCc1ncc(-c2ccccc2)[nH]1)NCCCOCCOC.I. The van der Waals surface area contributed by atoms with E-state index in [2.05, 4.69) is 37.7 Å². The molecule has 1 aromatic carbocycles. The van der Waals surface area contributed by atoms with Gasteiger partial charge >= 0.3 is 0 Å². The number of guanidine groups is 1. The van der Waals surface area contributed by atoms with Crippen molar-refractivity contribution < 1.29 is 9.47 Å². The molecule has 0 aliphatic rings. The number of imidazole rings is 1. The lowest BCUT2D eigenvalue weighted by molar-refractivity contribution is 0.0698. The highest BCUT2D eigenvalue weighted by Gasteiger charge is 2.03. The molecule has 1 aromatic heterocycles. The van der Waals surface area contributed by atoms with E-state index in [0.717, 1.165) is 42.6 Å². The van der Waals surface area contributed by atoms with Crippen LogP contribution in [0.25, 0.3) is 11.3 Å². The lowest BCUT2D eigenvalue weighted by atomic mass is 10.2. The summed E-state index contributed by atoms with van der Waals surface area (Å²) in [5.41, 5.74) is 2.12. The van der Waals surface area contributed by atoms with Gasteiger partial charge in [-0.25, -0.2) is 9.98 Å². The van der Waals surface area contributed by atoms with Gasteiger partial charge in [0.05, 0.1) is 25.1 Å². The average Bonchev–Trinajstić information content (AvgIpc) is 3.15. The molecule has 2 rings (SSSR count). The van der Waals surface area contributed by atoms with E-state index in [1.165, 1.54) is 0 Å². The molecule has 150 valence electrons. The summed E-state index contributed by atoms with van der Waals surface area (Å²) in [6, 6.07) is 10.1. The summed E-state index contributed by atoms with van der Waals surface area (Å²) in [6.07, 6.45) is 2.75. The zero-order chi connectivity index (χ0) is 18.5. The standard InChI is InChI=1S/C19H29N5O2.HI/c1-3-20-19(21-10-7-11-26-13-12-25-2)23-15-18-22-14-17(24-18)16-8-5-4-6-9-16;/h4-6,8-9,14H,3,7,10-13,15H2,1-2H3,(H,22,24)(H2,20,21,23);1H. The molecule has 0 spiro atoms. The first-order chi connectivity index (χ1) is 12.8. The van der Waals surface area contributed by atoms with Crippen molar-refractivity contribution in [2.45, 2.75) is 19.9 Å². The number of rotatable bonds is 11. The number of halogens is 1. The van der Waals surface area contributed by atoms with Crippen LogP contribution >= 0.6 is 24.0 Å². The maximum absolute atomic E-state index is 5.45. The molecular weight excluding hydrogens is 457 g/mol. The quantitative estimate of drug-likeness (QED) is 0.197. The third-order valence-electron chi connectivity index (χ3n) is 3.63. The third kappa shape index (κ3) is 9.21. The number of methoxy groups -OCH3 is 1. The minimum absolute atomic E-state index is 0. The molecule has 0 radical (unpaired) electrons. The van der Waals surface area contributed by atoms with Crippen LogP contribution in [-0.4, -0.2) is 55.9 Å². The van der Waals surface area contributed by atoms with Crippen molar-refractivity contribution in [2.24, 2.45) is 4.99 Å². The molecule has 0 fully saturated rings. The average molecular weight is 487 g/mol. The van der Waals surface area contributed by atoms with E-state index in [-0.39, 0.29) is 24.0 Å². The molecule has 0 aliphatic carbocycles. The normalized spacial score (nSPS) is 11.1. The third-order valence-corrected chi connectivity index (χ3v) is 3.63. The predicted molar refractivity (Wildman–Crippen MR) is 120 cm³/mol. The Hall–Kier alpha value is -1.65. The first-order valence-corrected chi connectivity index (χ1v) is 9.01. The molecule has 0 unspecified atom stereocenters. The van der Waals surface area contributed by atoms with E-state index in [0.29, 0.717) is 26.4 Å². The summed E-state index contributed by atoms with van der Waals surface area (Å²) in [6.45, 7) is 6.11. The van der Waals surface area contributed by atoms with E-state index in [1.807, 2.05) is 31.3 Å². The van der Waals surface area contributed by atoms with Gasteiger partial charge in [-0.2, -0.15) is 0 Å². The number of aliphatic imine (C=N–C) groups is 1. The zero-order valence-corrected chi connectivity index (χ0v) is 18.4. The van der Waals surface area contributed by atoms with Crippen molar-refractivity contribution in [1.82, 2.24) is 20.6 Å². The second-order valence-corrected chi connectivity index (χ2v) is 5.69. The minimum Gasteiger partial charge on any atom is -0.382 e. The molecule has 1 heterocycles. The molecule has 7 nitrogen and oxygen atoms in total. The molecule has 0 bridgehead atoms. The van der Waals surface area contributed by atoms with Crippen molar-refractivity contribution in [3.05, 3.63) is 42.4 Å². The van der Waals surface area contributed by atoms with Crippen molar-refractivity contribution >= 4 is 29.9 Å². The van der Waals surface area contributed by atoms with Crippen molar-refractivity contribution in [3.63, 3.8) is 0 Å². The number of aromatic amines is 1. The Bertz CT molecular complexity index is 649. The molecule has 0 saturated heterocycles. The van der Waals surface area contributed by atoms with Gasteiger partial charge in [-0.15, -0.1) is 24.0 Å². The minimum atomic E-state index is 0. The highest BCUT2D eigenvalue weighted by atomic mass is 127. The molecule has 8 heteroatoms. The van der Waals surface area contributed by atoms with Crippen LogP contribution in [0, 0.1) is 0 Å². The van der Waals surface area contributed by atoms with Crippen LogP contribution in [0.4, 0.5) is 0 Å². The number of nitrogens with zero attached hydrogens (tertiary/aromatic N) is 2. The molecule has 0 aliphatic heterocycles. The Morgan fingerprint density at radius 2 is 1.96 bits per heavy atom. The summed E-state index contributed by atoms with van der Waals surface area (Å²) in [5, 5.41) is 6.55.